The zero-order valence-electron chi connectivity index (χ0n) is 18.6. The van der Waals surface area contributed by atoms with E-state index in [9.17, 15) is 4.39 Å². The van der Waals surface area contributed by atoms with Crippen molar-refractivity contribution in [2.24, 2.45) is 0 Å². The number of fused-ring (bicyclic) bond motifs is 1. The minimum Gasteiger partial charge on any atom is -0.300 e. The number of likely N-dealkylation sites (tertiary alicyclic amines) is 2. The maximum Gasteiger partial charge on any atom is 0.181 e. The van der Waals surface area contributed by atoms with Crippen molar-refractivity contribution in [2.75, 3.05) is 26.2 Å². The summed E-state index contributed by atoms with van der Waals surface area (Å²) < 4.78 is 15.4. The molecule has 7 nitrogen and oxygen atoms in total. The van der Waals surface area contributed by atoms with Crippen LogP contribution in [0.4, 0.5) is 4.39 Å². The van der Waals surface area contributed by atoms with E-state index < -0.39 is 0 Å². The smallest absolute Gasteiger partial charge is 0.181 e. The Morgan fingerprint density at radius 2 is 1.76 bits per heavy atom. The predicted octanol–water partition coefficient (Wildman–Crippen LogP) is 4.01. The van der Waals surface area contributed by atoms with Gasteiger partial charge in [-0.05, 0) is 81.2 Å². The van der Waals surface area contributed by atoms with Crippen LogP contribution >= 0.6 is 0 Å². The van der Waals surface area contributed by atoms with E-state index in [1.807, 2.05) is 23.0 Å². The van der Waals surface area contributed by atoms with Crippen LogP contribution in [0.3, 0.4) is 0 Å². The van der Waals surface area contributed by atoms with Crippen LogP contribution in [-0.4, -0.2) is 67.0 Å². The maximum atomic E-state index is 13.5. The van der Waals surface area contributed by atoms with Gasteiger partial charge >= 0.3 is 0 Å². The van der Waals surface area contributed by atoms with Crippen molar-refractivity contribution in [3.05, 3.63) is 60.3 Å². The molecule has 0 radical (unpaired) electrons. The predicted molar refractivity (Wildman–Crippen MR) is 126 cm³/mol. The first-order chi connectivity index (χ1) is 16.2. The third-order valence-electron chi connectivity index (χ3n) is 7.02. The Hall–Kier alpha value is -3.10. The zero-order chi connectivity index (χ0) is 22.2. The van der Waals surface area contributed by atoms with Crippen molar-refractivity contribution in [3.8, 4) is 17.1 Å². The largest absolute Gasteiger partial charge is 0.300 e. The molecular formula is C25H28FN7. The third-order valence-corrected chi connectivity index (χ3v) is 7.02. The Kier molecular flexibility index (Phi) is 5.39. The summed E-state index contributed by atoms with van der Waals surface area (Å²) in [5.41, 5.74) is 2.75. The van der Waals surface area contributed by atoms with Crippen molar-refractivity contribution in [1.29, 1.82) is 0 Å². The van der Waals surface area contributed by atoms with Gasteiger partial charge in [0.1, 0.15) is 11.6 Å². The standard InChI is InChI=1S/C25H28FN7/c26-20-5-3-18(4-6-20)25-28-24(17-31-13-9-21(10-14-31)32-11-1-2-12-32)33(30-25)22-7-8-23-19(15-22)16-27-29-23/h3-8,15-16,21H,1-2,9-14,17H2,(H,27,29). The molecule has 2 aliphatic rings. The summed E-state index contributed by atoms with van der Waals surface area (Å²) in [4.78, 5) is 10.1. The van der Waals surface area contributed by atoms with Crippen LogP contribution in [0.1, 0.15) is 31.5 Å². The highest BCUT2D eigenvalue weighted by atomic mass is 19.1. The van der Waals surface area contributed by atoms with Crippen LogP contribution in [0.2, 0.25) is 0 Å². The maximum absolute atomic E-state index is 13.5. The first kappa shape index (κ1) is 20.5. The summed E-state index contributed by atoms with van der Waals surface area (Å²) in [6.45, 7) is 5.40. The number of nitrogens with one attached hydrogen (secondary N) is 1. The van der Waals surface area contributed by atoms with Gasteiger partial charge in [-0.2, -0.15) is 5.10 Å². The van der Waals surface area contributed by atoms with Crippen LogP contribution in [0.25, 0.3) is 28.0 Å². The second-order valence-electron chi connectivity index (χ2n) is 9.16. The SMILES string of the molecule is Fc1ccc(-c2nc(CN3CCC(N4CCCC4)CC3)n(-c3ccc4[nH]ncc4c3)n2)cc1. The van der Waals surface area contributed by atoms with E-state index in [1.54, 1.807) is 12.1 Å². The molecule has 0 unspecified atom stereocenters. The fourth-order valence-electron chi connectivity index (χ4n) is 5.19. The Bertz CT molecular complexity index is 1230. The van der Waals surface area contributed by atoms with E-state index in [0.717, 1.165) is 53.7 Å². The monoisotopic (exact) mass is 445 g/mol. The van der Waals surface area contributed by atoms with Gasteiger partial charge in [0.25, 0.3) is 0 Å². The fourth-order valence-corrected chi connectivity index (χ4v) is 5.19. The number of hydrogen-bond donors (Lipinski definition) is 1. The average molecular weight is 446 g/mol. The van der Waals surface area contributed by atoms with Crippen LogP contribution in [0.15, 0.2) is 48.7 Å². The molecule has 2 aromatic heterocycles. The minimum absolute atomic E-state index is 0.260. The lowest BCUT2D eigenvalue weighted by atomic mass is 10.0. The van der Waals surface area contributed by atoms with E-state index in [2.05, 4.69) is 26.1 Å². The highest BCUT2D eigenvalue weighted by Gasteiger charge is 2.27. The highest BCUT2D eigenvalue weighted by molar-refractivity contribution is 5.80. The van der Waals surface area contributed by atoms with Crippen LogP contribution in [0.5, 0.6) is 0 Å². The van der Waals surface area contributed by atoms with Crippen molar-refractivity contribution in [3.63, 3.8) is 0 Å². The molecule has 8 heteroatoms. The van der Waals surface area contributed by atoms with Crippen LogP contribution in [0, 0.1) is 5.82 Å². The number of aromatic nitrogens is 5. The number of H-pyrrole nitrogens is 1. The van der Waals surface area contributed by atoms with Gasteiger partial charge in [0.15, 0.2) is 5.82 Å². The van der Waals surface area contributed by atoms with Gasteiger partial charge in [-0.3, -0.25) is 10.00 Å². The number of piperidine rings is 1. The van der Waals surface area contributed by atoms with Crippen molar-refractivity contribution < 1.29 is 4.39 Å². The van der Waals surface area contributed by atoms with Gasteiger partial charge in [0, 0.05) is 30.1 Å². The lowest BCUT2D eigenvalue weighted by Crippen LogP contribution is -2.43. The number of hydrogen-bond acceptors (Lipinski definition) is 5. The van der Waals surface area contributed by atoms with Crippen molar-refractivity contribution >= 4 is 10.9 Å². The van der Waals surface area contributed by atoms with Gasteiger partial charge in [0.05, 0.1) is 23.9 Å². The van der Waals surface area contributed by atoms with Gasteiger partial charge < -0.3 is 4.90 Å². The molecule has 0 saturated carbocycles. The molecule has 0 atom stereocenters. The minimum atomic E-state index is -0.260. The number of nitrogens with zero attached hydrogens (tertiary/aromatic N) is 6. The molecule has 0 amide bonds. The molecule has 33 heavy (non-hydrogen) atoms. The lowest BCUT2D eigenvalue weighted by Gasteiger charge is -2.36. The number of rotatable bonds is 5. The Balaban J connectivity index is 1.28. The molecular weight excluding hydrogens is 417 g/mol. The Morgan fingerprint density at radius 3 is 2.55 bits per heavy atom. The number of halogens is 1. The molecule has 1 N–H and O–H groups in total. The van der Waals surface area contributed by atoms with Gasteiger partial charge in [0.2, 0.25) is 0 Å². The van der Waals surface area contributed by atoms with E-state index in [1.165, 1.54) is 50.9 Å². The molecule has 6 rings (SSSR count). The third kappa shape index (κ3) is 4.16. The van der Waals surface area contributed by atoms with E-state index >= 15 is 0 Å². The van der Waals surface area contributed by atoms with E-state index in [-0.39, 0.29) is 5.82 Å². The van der Waals surface area contributed by atoms with Crippen LogP contribution < -0.4 is 0 Å². The molecule has 4 heterocycles. The summed E-state index contributed by atoms with van der Waals surface area (Å²) in [6, 6.07) is 13.2. The Labute approximate surface area is 192 Å². The molecule has 0 spiro atoms. The van der Waals surface area contributed by atoms with E-state index in [4.69, 9.17) is 10.1 Å². The lowest BCUT2D eigenvalue weighted by molar-refractivity contribution is 0.120. The van der Waals surface area contributed by atoms with E-state index in [0.29, 0.717) is 5.82 Å². The summed E-state index contributed by atoms with van der Waals surface area (Å²) in [6.07, 6.45) is 6.92. The van der Waals surface area contributed by atoms with Gasteiger partial charge in [-0.25, -0.2) is 14.1 Å². The first-order valence-corrected chi connectivity index (χ1v) is 11.8. The quantitative estimate of drug-likeness (QED) is 0.503. The molecule has 170 valence electrons. The van der Waals surface area contributed by atoms with Crippen LogP contribution in [-0.2, 0) is 6.54 Å². The summed E-state index contributed by atoms with van der Waals surface area (Å²) in [7, 11) is 0. The molecule has 2 aliphatic heterocycles. The van der Waals surface area contributed by atoms with Gasteiger partial charge in [-0.1, -0.05) is 0 Å². The molecule has 2 fully saturated rings. The van der Waals surface area contributed by atoms with Gasteiger partial charge in [-0.15, -0.1) is 5.10 Å². The van der Waals surface area contributed by atoms with Crippen molar-refractivity contribution in [1.82, 2.24) is 34.8 Å². The second-order valence-corrected chi connectivity index (χ2v) is 9.16. The molecule has 0 bridgehead atoms. The zero-order valence-corrected chi connectivity index (χ0v) is 18.6. The van der Waals surface area contributed by atoms with Crippen molar-refractivity contribution in [2.45, 2.75) is 38.3 Å². The molecule has 2 aromatic carbocycles. The fraction of sp³-hybridized carbons (Fsp3) is 0.400. The molecule has 0 aliphatic carbocycles. The summed E-state index contributed by atoms with van der Waals surface area (Å²) in [5, 5.41) is 13.0. The Morgan fingerprint density at radius 1 is 0.970 bits per heavy atom. The molecule has 4 aromatic rings. The summed E-state index contributed by atoms with van der Waals surface area (Å²) in [5.74, 6) is 1.26. The molecule has 2 saturated heterocycles. The average Bonchev–Trinajstić information content (AvgIpc) is 3.61. The number of benzene rings is 2. The first-order valence-electron chi connectivity index (χ1n) is 11.8. The summed E-state index contributed by atoms with van der Waals surface area (Å²) >= 11 is 0. The second kappa shape index (κ2) is 8.68. The highest BCUT2D eigenvalue weighted by Crippen LogP contribution is 2.25. The topological polar surface area (TPSA) is 65.9 Å². The number of aromatic amines is 1. The normalized spacial score (nSPS) is 18.5.